The third kappa shape index (κ3) is 6.82. The Morgan fingerprint density at radius 3 is 2.63 bits per heavy atom. The number of rotatable bonds is 8. The maximum atomic E-state index is 12.7. The molecule has 1 aromatic rings. The molecule has 1 aliphatic rings. The molecule has 1 heterocycles. The number of nitrogens with one attached hydrogen (secondary N) is 3. The second-order valence-electron chi connectivity index (χ2n) is 6.37. The summed E-state index contributed by atoms with van der Waals surface area (Å²) in [6.45, 7) is 0.974. The summed E-state index contributed by atoms with van der Waals surface area (Å²) in [5.41, 5.74) is 0.874. The van der Waals surface area contributed by atoms with E-state index in [9.17, 15) is 19.2 Å². The number of carbonyl (C=O) groups is 4. The van der Waals surface area contributed by atoms with E-state index in [2.05, 4.69) is 20.7 Å². The highest BCUT2D eigenvalue weighted by molar-refractivity contribution is 5.93. The van der Waals surface area contributed by atoms with Crippen molar-refractivity contribution >= 4 is 23.6 Å². The van der Waals surface area contributed by atoms with E-state index < -0.39 is 29.9 Å². The fourth-order valence-corrected chi connectivity index (χ4v) is 2.79. The van der Waals surface area contributed by atoms with Crippen LogP contribution in [0.15, 0.2) is 30.3 Å². The van der Waals surface area contributed by atoms with E-state index in [0.29, 0.717) is 19.5 Å². The first kappa shape index (κ1) is 20.6. The van der Waals surface area contributed by atoms with Gasteiger partial charge < -0.3 is 20.7 Å². The van der Waals surface area contributed by atoms with Crippen molar-refractivity contribution in [1.82, 2.24) is 16.0 Å². The summed E-state index contributed by atoms with van der Waals surface area (Å²) in [7, 11) is 1.25. The zero-order valence-corrected chi connectivity index (χ0v) is 15.3. The molecule has 27 heavy (non-hydrogen) atoms. The number of benzene rings is 1. The van der Waals surface area contributed by atoms with Crippen LogP contribution in [0.4, 0.5) is 0 Å². The lowest BCUT2D eigenvalue weighted by Gasteiger charge is -2.26. The molecule has 0 aliphatic carbocycles. The topological polar surface area (TPSA) is 114 Å². The van der Waals surface area contributed by atoms with Crippen LogP contribution in [0.3, 0.4) is 0 Å². The van der Waals surface area contributed by atoms with E-state index in [1.807, 2.05) is 30.3 Å². The molecule has 146 valence electrons. The highest BCUT2D eigenvalue weighted by Crippen LogP contribution is 2.06. The van der Waals surface area contributed by atoms with Crippen molar-refractivity contribution in [2.24, 2.45) is 0 Å². The zero-order valence-electron chi connectivity index (χ0n) is 15.3. The lowest BCUT2D eigenvalue weighted by molar-refractivity contribution is -0.142. The Labute approximate surface area is 158 Å². The van der Waals surface area contributed by atoms with Crippen molar-refractivity contribution < 1.29 is 23.9 Å². The van der Waals surface area contributed by atoms with Gasteiger partial charge in [-0.05, 0) is 5.56 Å². The Hall–Kier alpha value is -2.74. The zero-order chi connectivity index (χ0) is 19.6. The summed E-state index contributed by atoms with van der Waals surface area (Å²) >= 11 is 0. The molecule has 0 spiro atoms. The summed E-state index contributed by atoms with van der Waals surface area (Å²) in [5.74, 6) is -1.37. The summed E-state index contributed by atoms with van der Waals surface area (Å²) in [4.78, 5) is 48.0. The predicted molar refractivity (Wildman–Crippen MR) is 97.8 cm³/mol. The van der Waals surface area contributed by atoms with Crippen molar-refractivity contribution in [2.75, 3.05) is 20.2 Å². The third-order valence-corrected chi connectivity index (χ3v) is 4.32. The van der Waals surface area contributed by atoms with E-state index in [4.69, 9.17) is 0 Å². The number of piperidine rings is 1. The van der Waals surface area contributed by atoms with Crippen molar-refractivity contribution in [3.63, 3.8) is 0 Å². The highest BCUT2D eigenvalue weighted by Gasteiger charge is 2.28. The van der Waals surface area contributed by atoms with Gasteiger partial charge in [-0.15, -0.1) is 0 Å². The molecule has 0 bridgehead atoms. The summed E-state index contributed by atoms with van der Waals surface area (Å²) < 4.78 is 4.52. The Morgan fingerprint density at radius 1 is 1.22 bits per heavy atom. The average Bonchev–Trinajstić information content (AvgIpc) is 2.68. The first-order valence-corrected chi connectivity index (χ1v) is 8.93. The fourth-order valence-electron chi connectivity index (χ4n) is 2.79. The van der Waals surface area contributed by atoms with E-state index in [1.165, 1.54) is 7.11 Å². The van der Waals surface area contributed by atoms with Gasteiger partial charge in [0.15, 0.2) is 5.78 Å². The molecule has 1 aliphatic heterocycles. The van der Waals surface area contributed by atoms with Gasteiger partial charge in [0.1, 0.15) is 6.04 Å². The second kappa shape index (κ2) is 10.4. The van der Waals surface area contributed by atoms with Gasteiger partial charge in [0, 0.05) is 32.4 Å². The van der Waals surface area contributed by atoms with Crippen LogP contribution in [0.25, 0.3) is 0 Å². The Balaban J connectivity index is 2.01. The molecular formula is C19H25N3O5. The van der Waals surface area contributed by atoms with Crippen molar-refractivity contribution in [3.8, 4) is 0 Å². The molecule has 0 saturated carbocycles. The second-order valence-corrected chi connectivity index (χ2v) is 6.37. The van der Waals surface area contributed by atoms with Gasteiger partial charge in [-0.3, -0.25) is 19.2 Å². The minimum atomic E-state index is -0.840. The Bertz CT molecular complexity index is 677. The number of ether oxygens (including phenoxy) is 1. The molecule has 0 radical (unpaired) electrons. The number of amides is 2. The van der Waals surface area contributed by atoms with Crippen molar-refractivity contribution in [3.05, 3.63) is 35.9 Å². The number of hydrogen-bond donors (Lipinski definition) is 3. The van der Waals surface area contributed by atoms with E-state index in [0.717, 1.165) is 5.56 Å². The third-order valence-electron chi connectivity index (χ3n) is 4.32. The largest absolute Gasteiger partial charge is 0.469 e. The van der Waals surface area contributed by atoms with Gasteiger partial charge in [-0.25, -0.2) is 0 Å². The lowest BCUT2D eigenvalue weighted by Crippen LogP contribution is -2.57. The molecule has 8 heteroatoms. The van der Waals surface area contributed by atoms with Crippen LogP contribution in [0.1, 0.15) is 24.8 Å². The van der Waals surface area contributed by atoms with Gasteiger partial charge in [0.2, 0.25) is 11.8 Å². The molecule has 1 aromatic carbocycles. The van der Waals surface area contributed by atoms with Gasteiger partial charge in [-0.1, -0.05) is 30.3 Å². The molecule has 2 amide bonds. The van der Waals surface area contributed by atoms with Crippen LogP contribution >= 0.6 is 0 Å². The molecule has 3 N–H and O–H groups in total. The maximum absolute atomic E-state index is 12.7. The lowest BCUT2D eigenvalue weighted by atomic mass is 10.0. The SMILES string of the molecule is COC(=O)CCC(=O)N[C@@H](Cc1ccccc1)C(=O)NC1CNCCC1=O. The number of ketones is 1. The quantitative estimate of drug-likeness (QED) is 0.539. The van der Waals surface area contributed by atoms with Crippen LogP contribution < -0.4 is 16.0 Å². The minimum Gasteiger partial charge on any atom is -0.469 e. The van der Waals surface area contributed by atoms with E-state index >= 15 is 0 Å². The summed E-state index contributed by atoms with van der Waals surface area (Å²) in [5, 5.41) is 8.44. The minimum absolute atomic E-state index is 0.0300. The first-order chi connectivity index (χ1) is 13.0. The molecule has 0 aromatic heterocycles. The molecule has 2 rings (SSSR count). The number of esters is 1. The fraction of sp³-hybridized carbons (Fsp3) is 0.474. The summed E-state index contributed by atoms with van der Waals surface area (Å²) in [6, 6.07) is 7.82. The van der Waals surface area contributed by atoms with Crippen LogP contribution in [0.5, 0.6) is 0 Å². The van der Waals surface area contributed by atoms with Crippen LogP contribution in [-0.2, 0) is 30.3 Å². The van der Waals surface area contributed by atoms with Gasteiger partial charge in [0.25, 0.3) is 0 Å². The number of methoxy groups -OCH3 is 1. The maximum Gasteiger partial charge on any atom is 0.306 e. The van der Waals surface area contributed by atoms with E-state index in [-0.39, 0.29) is 25.0 Å². The molecule has 2 atom stereocenters. The Kier molecular flexibility index (Phi) is 7.94. The molecular weight excluding hydrogens is 350 g/mol. The molecule has 8 nitrogen and oxygen atoms in total. The Morgan fingerprint density at radius 2 is 1.96 bits per heavy atom. The first-order valence-electron chi connectivity index (χ1n) is 8.93. The standard InChI is InChI=1S/C19H25N3O5/c1-27-18(25)8-7-17(24)21-14(11-13-5-3-2-4-6-13)19(26)22-15-12-20-10-9-16(15)23/h2-6,14-15,20H,7-12H2,1H3,(H,21,24)(H,22,26)/t14-,15?/m0/s1. The van der Waals surface area contributed by atoms with Gasteiger partial charge >= 0.3 is 5.97 Å². The number of hydrogen-bond acceptors (Lipinski definition) is 6. The smallest absolute Gasteiger partial charge is 0.306 e. The average molecular weight is 375 g/mol. The van der Waals surface area contributed by atoms with Gasteiger partial charge in [0.05, 0.1) is 19.6 Å². The summed E-state index contributed by atoms with van der Waals surface area (Å²) in [6.07, 6.45) is 0.507. The van der Waals surface area contributed by atoms with Crippen LogP contribution in [0, 0.1) is 0 Å². The highest BCUT2D eigenvalue weighted by atomic mass is 16.5. The molecule has 1 unspecified atom stereocenters. The van der Waals surface area contributed by atoms with Gasteiger partial charge in [-0.2, -0.15) is 0 Å². The monoisotopic (exact) mass is 375 g/mol. The van der Waals surface area contributed by atoms with E-state index in [1.54, 1.807) is 0 Å². The predicted octanol–water partition coefficient (Wildman–Crippen LogP) is -0.286. The number of Topliss-reactive ketones (excluding diaryl/α,β-unsaturated/α-hetero) is 1. The van der Waals surface area contributed by atoms with Crippen LogP contribution in [-0.4, -0.2) is 55.8 Å². The van der Waals surface area contributed by atoms with Crippen LogP contribution in [0.2, 0.25) is 0 Å². The van der Waals surface area contributed by atoms with Crippen molar-refractivity contribution in [1.29, 1.82) is 0 Å². The number of carbonyl (C=O) groups excluding carboxylic acids is 4. The molecule has 1 fully saturated rings. The normalized spacial score (nSPS) is 17.7. The van der Waals surface area contributed by atoms with Crippen molar-refractivity contribution in [2.45, 2.75) is 37.8 Å². The molecule has 1 saturated heterocycles.